The van der Waals surface area contributed by atoms with E-state index in [2.05, 4.69) is 51.6 Å². The number of aromatic nitrogens is 2. The molecule has 2 fully saturated rings. The molecule has 0 saturated carbocycles. The van der Waals surface area contributed by atoms with Gasteiger partial charge in [0.25, 0.3) is 0 Å². The third-order valence-corrected chi connectivity index (χ3v) is 6.54. The molecule has 6 nitrogen and oxygen atoms in total. The molecule has 2 saturated heterocycles. The lowest BCUT2D eigenvalue weighted by Crippen LogP contribution is -2.37. The van der Waals surface area contributed by atoms with E-state index in [0.29, 0.717) is 12.1 Å². The highest BCUT2D eigenvalue weighted by Crippen LogP contribution is 2.45. The van der Waals surface area contributed by atoms with Crippen molar-refractivity contribution in [1.82, 2.24) is 14.9 Å². The van der Waals surface area contributed by atoms with Crippen LogP contribution in [-0.4, -0.2) is 53.3 Å². The second-order valence-electron chi connectivity index (χ2n) is 7.60. The van der Waals surface area contributed by atoms with Crippen LogP contribution >= 0.6 is 31.9 Å². The summed E-state index contributed by atoms with van der Waals surface area (Å²) in [6.07, 6.45) is 8.82. The van der Waals surface area contributed by atoms with Gasteiger partial charge < -0.3 is 14.4 Å². The minimum atomic E-state index is 0.488. The largest absolute Gasteiger partial charge is 0.449 e. The molecule has 0 aliphatic carbocycles. The number of morpholine rings is 1. The first-order valence-electron chi connectivity index (χ1n) is 9.79. The summed E-state index contributed by atoms with van der Waals surface area (Å²) >= 11 is 6.97. The van der Waals surface area contributed by atoms with E-state index in [0.717, 1.165) is 58.2 Å². The van der Waals surface area contributed by atoms with Gasteiger partial charge in [-0.15, -0.1) is 0 Å². The Bertz CT molecular complexity index is 830. The van der Waals surface area contributed by atoms with Gasteiger partial charge in [0.15, 0.2) is 23.1 Å². The number of nitrogens with zero attached hydrogens (tertiary/aromatic N) is 4. The van der Waals surface area contributed by atoms with E-state index >= 15 is 0 Å². The molecule has 2 bridgehead atoms. The van der Waals surface area contributed by atoms with Crippen LogP contribution in [0.3, 0.4) is 0 Å². The molecule has 148 valence electrons. The maximum absolute atomic E-state index is 6.05. The first-order valence-corrected chi connectivity index (χ1v) is 11.4. The molecule has 0 aromatic carbocycles. The van der Waals surface area contributed by atoms with Crippen LogP contribution in [0.4, 0.5) is 11.6 Å². The molecule has 8 heteroatoms. The highest BCUT2D eigenvalue weighted by molar-refractivity contribution is 9.10. The van der Waals surface area contributed by atoms with Gasteiger partial charge in [0.1, 0.15) is 0 Å². The van der Waals surface area contributed by atoms with E-state index in [4.69, 9.17) is 9.47 Å². The molecular weight excluding hydrogens is 488 g/mol. The lowest BCUT2D eigenvalue weighted by atomic mass is 10.2. The van der Waals surface area contributed by atoms with Crippen LogP contribution < -0.4 is 9.64 Å². The Morgan fingerprint density at radius 2 is 1.64 bits per heavy atom. The minimum Gasteiger partial charge on any atom is -0.449 e. The first kappa shape index (κ1) is 18.8. The summed E-state index contributed by atoms with van der Waals surface area (Å²) in [5.74, 6) is 3.18. The summed E-state index contributed by atoms with van der Waals surface area (Å²) in [5, 5.41) is 0. The van der Waals surface area contributed by atoms with Gasteiger partial charge in [-0.25, -0.2) is 9.97 Å². The van der Waals surface area contributed by atoms with Gasteiger partial charge in [0.05, 0.1) is 12.7 Å². The van der Waals surface area contributed by atoms with Gasteiger partial charge in [-0.2, -0.15) is 0 Å². The Labute approximate surface area is 181 Å². The van der Waals surface area contributed by atoms with Gasteiger partial charge >= 0.3 is 0 Å². The molecule has 0 N–H and O–H groups in total. The van der Waals surface area contributed by atoms with Crippen molar-refractivity contribution in [2.45, 2.75) is 37.8 Å². The smallest absolute Gasteiger partial charge is 0.177 e. The summed E-state index contributed by atoms with van der Waals surface area (Å²) in [5.41, 5.74) is 0. The Balaban J connectivity index is 1.23. The van der Waals surface area contributed by atoms with Gasteiger partial charge in [0.2, 0.25) is 0 Å². The molecular formula is C20H22Br2N4O2. The fourth-order valence-electron chi connectivity index (χ4n) is 4.33. The average Bonchev–Trinajstić information content (AvgIpc) is 3.30. The summed E-state index contributed by atoms with van der Waals surface area (Å²) in [6.45, 7) is 4.10. The number of ether oxygens (including phenoxy) is 2. The molecule has 28 heavy (non-hydrogen) atoms. The molecule has 0 amide bonds. The summed E-state index contributed by atoms with van der Waals surface area (Å²) in [4.78, 5) is 14.0. The van der Waals surface area contributed by atoms with Crippen molar-refractivity contribution in [2.75, 3.05) is 31.1 Å². The van der Waals surface area contributed by atoms with E-state index in [1.165, 1.54) is 25.8 Å². The minimum absolute atomic E-state index is 0.488. The fraction of sp³-hybridized carbons (Fsp3) is 0.500. The van der Waals surface area contributed by atoms with Crippen molar-refractivity contribution >= 4 is 43.5 Å². The first-order chi connectivity index (χ1) is 13.7. The number of likely N-dealkylation sites (tertiary alicyclic amines) is 1. The number of hydrogen-bond acceptors (Lipinski definition) is 6. The molecule has 2 aromatic heterocycles. The van der Waals surface area contributed by atoms with Crippen molar-refractivity contribution in [3.05, 3.63) is 33.5 Å². The quantitative estimate of drug-likeness (QED) is 0.517. The van der Waals surface area contributed by atoms with Crippen LogP contribution in [0.2, 0.25) is 0 Å². The zero-order valence-corrected chi connectivity index (χ0v) is 18.7. The summed E-state index contributed by atoms with van der Waals surface area (Å²) in [7, 11) is 0. The van der Waals surface area contributed by atoms with Gasteiger partial charge in [0, 0.05) is 52.6 Å². The van der Waals surface area contributed by atoms with E-state index < -0.39 is 0 Å². The van der Waals surface area contributed by atoms with Crippen LogP contribution in [0.25, 0.3) is 0 Å². The predicted octanol–water partition coefficient (Wildman–Crippen LogP) is 4.89. The molecule has 3 aliphatic rings. The third-order valence-electron chi connectivity index (χ3n) is 5.67. The number of rotatable bonds is 6. The van der Waals surface area contributed by atoms with Crippen LogP contribution in [0.1, 0.15) is 25.7 Å². The van der Waals surface area contributed by atoms with E-state index in [9.17, 15) is 0 Å². The molecule has 5 heterocycles. The average molecular weight is 510 g/mol. The highest BCUT2D eigenvalue weighted by Gasteiger charge is 2.38. The molecule has 0 spiro atoms. The number of hydrogen-bond donors (Lipinski definition) is 0. The normalized spacial score (nSPS) is 22.9. The number of halogens is 2. The zero-order valence-electron chi connectivity index (χ0n) is 15.5. The van der Waals surface area contributed by atoms with E-state index in [1.54, 1.807) is 0 Å². The van der Waals surface area contributed by atoms with Crippen molar-refractivity contribution in [3.63, 3.8) is 0 Å². The van der Waals surface area contributed by atoms with Crippen molar-refractivity contribution in [2.24, 2.45) is 0 Å². The van der Waals surface area contributed by atoms with Crippen LogP contribution in [0.5, 0.6) is 11.5 Å². The van der Waals surface area contributed by atoms with Crippen molar-refractivity contribution in [1.29, 1.82) is 0 Å². The van der Waals surface area contributed by atoms with Crippen LogP contribution in [-0.2, 0) is 4.74 Å². The zero-order chi connectivity index (χ0) is 19.1. The van der Waals surface area contributed by atoms with E-state index in [-0.39, 0.29) is 0 Å². The van der Waals surface area contributed by atoms with Crippen LogP contribution in [0, 0.1) is 0 Å². The molecule has 0 unspecified atom stereocenters. The van der Waals surface area contributed by atoms with E-state index in [1.807, 2.05) is 24.5 Å². The van der Waals surface area contributed by atoms with Crippen molar-refractivity contribution < 1.29 is 9.47 Å². The second kappa shape index (κ2) is 7.89. The molecule has 3 aliphatic heterocycles. The lowest BCUT2D eigenvalue weighted by molar-refractivity contribution is 0.0300. The number of anilines is 2. The Kier molecular flexibility index (Phi) is 5.30. The Morgan fingerprint density at radius 3 is 2.25 bits per heavy atom. The summed E-state index contributed by atoms with van der Waals surface area (Å²) < 4.78 is 13.5. The maximum Gasteiger partial charge on any atom is 0.177 e. The predicted molar refractivity (Wildman–Crippen MR) is 115 cm³/mol. The number of fused-ring (bicyclic) bond motifs is 4. The molecule has 5 rings (SSSR count). The lowest BCUT2D eigenvalue weighted by Gasteiger charge is -2.31. The topological polar surface area (TPSA) is 50.7 Å². The SMILES string of the molecule is Brc1cnc2c(c1)Oc1cc(Br)cnc1N2CCCCCN1C[C@H]2C[C@@H]1CO2. The molecule has 0 radical (unpaired) electrons. The number of pyridine rings is 2. The standard InChI is InChI=1S/C20H22Br2N4O2/c21-13-6-17-19(23-9-13)26(20-18(28-17)7-14(22)10-24-20)5-3-1-2-4-25-11-16-8-15(25)12-27-16/h6-7,9-10,15-16H,1-5,8,11-12H2/t15-,16-/m1/s1. The Hall–Kier alpha value is -1.22. The van der Waals surface area contributed by atoms with Gasteiger partial charge in [-0.1, -0.05) is 6.42 Å². The summed E-state index contributed by atoms with van der Waals surface area (Å²) in [6, 6.07) is 4.58. The monoisotopic (exact) mass is 508 g/mol. The highest BCUT2D eigenvalue weighted by atomic mass is 79.9. The molecule has 2 atom stereocenters. The number of unbranched alkanes of at least 4 members (excludes halogenated alkanes) is 2. The fourth-order valence-corrected chi connectivity index (χ4v) is 4.95. The molecule has 2 aromatic rings. The van der Waals surface area contributed by atoms with Gasteiger partial charge in [-0.05, 0) is 57.7 Å². The second-order valence-corrected chi connectivity index (χ2v) is 9.44. The van der Waals surface area contributed by atoms with Crippen LogP contribution in [0.15, 0.2) is 33.5 Å². The third kappa shape index (κ3) is 3.67. The Morgan fingerprint density at radius 1 is 0.964 bits per heavy atom. The van der Waals surface area contributed by atoms with Crippen molar-refractivity contribution in [3.8, 4) is 11.5 Å². The maximum atomic E-state index is 6.05. The van der Waals surface area contributed by atoms with Gasteiger partial charge in [-0.3, -0.25) is 4.90 Å².